The summed E-state index contributed by atoms with van der Waals surface area (Å²) in [5.41, 5.74) is 1.36. The average molecular weight is 259 g/mol. The van der Waals surface area contributed by atoms with Crippen LogP contribution in [-0.2, 0) is 18.7 Å². The molecule has 0 fully saturated rings. The normalized spacial score (nSPS) is 14.8. The van der Waals surface area contributed by atoms with Crippen molar-refractivity contribution >= 4 is 44.8 Å². The Bertz CT molecular complexity index is 536. The largest absolute Gasteiger partial charge is 0.221 e. The van der Waals surface area contributed by atoms with Crippen LogP contribution in [0.5, 0.6) is 0 Å². The quantitative estimate of drug-likeness (QED) is 0.578. The highest BCUT2D eigenvalue weighted by molar-refractivity contribution is 7.19. The molecule has 0 saturated carbocycles. The van der Waals surface area contributed by atoms with E-state index >= 15 is 0 Å². The van der Waals surface area contributed by atoms with Gasteiger partial charge in [0, 0.05) is 4.88 Å². The van der Waals surface area contributed by atoms with Crippen molar-refractivity contribution in [3.8, 4) is 0 Å². The van der Waals surface area contributed by atoms with Gasteiger partial charge in [-0.3, -0.25) is 0 Å². The molecule has 0 bridgehead atoms. The third-order valence-corrected chi connectivity index (χ3v) is 4.38. The molecule has 0 N–H and O–H groups in total. The Morgan fingerprint density at radius 1 is 1.27 bits per heavy atom. The summed E-state index contributed by atoms with van der Waals surface area (Å²) in [6.07, 6.45) is 3.49. The molecule has 3 rings (SSSR count). The SMILES string of the molecule is ClCc1nc(Cl)c2c3c(sc2n1)CCC3. The molecule has 2 heterocycles. The Balaban J connectivity index is 2.34. The van der Waals surface area contributed by atoms with Crippen molar-refractivity contribution in [2.45, 2.75) is 25.1 Å². The van der Waals surface area contributed by atoms with Crippen LogP contribution in [0.4, 0.5) is 0 Å². The highest BCUT2D eigenvalue weighted by Crippen LogP contribution is 2.39. The first kappa shape index (κ1) is 9.82. The molecule has 1 aliphatic carbocycles. The van der Waals surface area contributed by atoms with Crippen LogP contribution in [0.2, 0.25) is 5.15 Å². The van der Waals surface area contributed by atoms with Gasteiger partial charge in [0.1, 0.15) is 15.8 Å². The maximum absolute atomic E-state index is 6.16. The van der Waals surface area contributed by atoms with Crippen molar-refractivity contribution in [1.82, 2.24) is 9.97 Å². The second-order valence-electron chi connectivity index (χ2n) is 3.60. The summed E-state index contributed by atoms with van der Waals surface area (Å²) in [4.78, 5) is 11.0. The minimum absolute atomic E-state index is 0.318. The first-order valence-electron chi connectivity index (χ1n) is 4.82. The first-order chi connectivity index (χ1) is 7.29. The van der Waals surface area contributed by atoms with Crippen LogP contribution in [-0.4, -0.2) is 9.97 Å². The Hall–Kier alpha value is -0.380. The highest BCUT2D eigenvalue weighted by atomic mass is 35.5. The predicted octanol–water partition coefficient (Wildman–Crippen LogP) is 3.57. The maximum atomic E-state index is 6.16. The number of hydrogen-bond donors (Lipinski definition) is 0. The smallest absolute Gasteiger partial charge is 0.146 e. The lowest BCUT2D eigenvalue weighted by Gasteiger charge is -1.99. The molecular weight excluding hydrogens is 251 g/mol. The Kier molecular flexibility index (Phi) is 2.34. The molecular formula is C10H8Cl2N2S. The van der Waals surface area contributed by atoms with E-state index in [0.29, 0.717) is 16.9 Å². The topological polar surface area (TPSA) is 25.8 Å². The van der Waals surface area contributed by atoms with Crippen molar-refractivity contribution in [1.29, 1.82) is 0 Å². The third kappa shape index (κ3) is 1.45. The molecule has 0 saturated heterocycles. The summed E-state index contributed by atoms with van der Waals surface area (Å²) in [5.74, 6) is 0.937. The van der Waals surface area contributed by atoms with Crippen LogP contribution in [0.15, 0.2) is 0 Å². The molecule has 78 valence electrons. The van der Waals surface area contributed by atoms with Gasteiger partial charge in [-0.15, -0.1) is 22.9 Å². The fourth-order valence-corrected chi connectivity index (χ4v) is 3.81. The molecule has 0 amide bonds. The second-order valence-corrected chi connectivity index (χ2v) is 5.31. The fraction of sp³-hybridized carbons (Fsp3) is 0.400. The molecule has 1 aliphatic rings. The van der Waals surface area contributed by atoms with Gasteiger partial charge >= 0.3 is 0 Å². The minimum atomic E-state index is 0.318. The van der Waals surface area contributed by atoms with Gasteiger partial charge in [-0.25, -0.2) is 9.97 Å². The minimum Gasteiger partial charge on any atom is -0.221 e. The zero-order chi connectivity index (χ0) is 10.4. The van der Waals surface area contributed by atoms with E-state index in [9.17, 15) is 0 Å². The summed E-state index contributed by atoms with van der Waals surface area (Å²) in [6, 6.07) is 0. The molecule has 0 radical (unpaired) electrons. The number of thiophene rings is 1. The van der Waals surface area contributed by atoms with Crippen LogP contribution in [0.1, 0.15) is 22.7 Å². The monoisotopic (exact) mass is 258 g/mol. The van der Waals surface area contributed by atoms with Gasteiger partial charge in [0.2, 0.25) is 0 Å². The molecule has 0 spiro atoms. The highest BCUT2D eigenvalue weighted by Gasteiger charge is 2.21. The number of fused-ring (bicyclic) bond motifs is 3. The van der Waals surface area contributed by atoms with Crippen LogP contribution >= 0.6 is 34.5 Å². The summed E-state index contributed by atoms with van der Waals surface area (Å²) in [7, 11) is 0. The molecule has 5 heteroatoms. The number of rotatable bonds is 1. The van der Waals surface area contributed by atoms with E-state index in [2.05, 4.69) is 9.97 Å². The van der Waals surface area contributed by atoms with Crippen LogP contribution in [0.3, 0.4) is 0 Å². The van der Waals surface area contributed by atoms with E-state index in [-0.39, 0.29) is 0 Å². The summed E-state index contributed by atoms with van der Waals surface area (Å²) in [5, 5.41) is 1.62. The molecule has 0 aliphatic heterocycles. The first-order valence-corrected chi connectivity index (χ1v) is 6.55. The van der Waals surface area contributed by atoms with Gasteiger partial charge in [-0.2, -0.15) is 0 Å². The van der Waals surface area contributed by atoms with E-state index in [0.717, 1.165) is 23.1 Å². The Morgan fingerprint density at radius 2 is 2.13 bits per heavy atom. The second kappa shape index (κ2) is 3.58. The number of aromatic nitrogens is 2. The molecule has 0 unspecified atom stereocenters. The molecule has 2 aromatic rings. The van der Waals surface area contributed by atoms with E-state index in [1.54, 1.807) is 11.3 Å². The van der Waals surface area contributed by atoms with Crippen molar-refractivity contribution < 1.29 is 0 Å². The standard InChI is InChI=1S/C10H8Cl2N2S/c11-4-7-13-9(12)8-5-2-1-3-6(5)15-10(8)14-7/h1-4H2. The summed E-state index contributed by atoms with van der Waals surface area (Å²) in [6.45, 7) is 0. The third-order valence-electron chi connectivity index (χ3n) is 2.69. The Morgan fingerprint density at radius 3 is 2.93 bits per heavy atom. The van der Waals surface area contributed by atoms with Gasteiger partial charge in [0.25, 0.3) is 0 Å². The van der Waals surface area contributed by atoms with Crippen molar-refractivity contribution in [3.63, 3.8) is 0 Å². The lowest BCUT2D eigenvalue weighted by Crippen LogP contribution is -1.92. The zero-order valence-electron chi connectivity index (χ0n) is 7.89. The van der Waals surface area contributed by atoms with Gasteiger partial charge < -0.3 is 0 Å². The molecule has 2 aromatic heterocycles. The summed E-state index contributed by atoms with van der Waals surface area (Å²) < 4.78 is 0. The van der Waals surface area contributed by atoms with Crippen LogP contribution in [0, 0.1) is 0 Å². The van der Waals surface area contributed by atoms with E-state index < -0.39 is 0 Å². The van der Waals surface area contributed by atoms with Gasteiger partial charge in [0.05, 0.1) is 11.3 Å². The van der Waals surface area contributed by atoms with Gasteiger partial charge in [0.15, 0.2) is 0 Å². The number of alkyl halides is 1. The Labute approximate surface area is 101 Å². The lowest BCUT2D eigenvalue weighted by atomic mass is 10.2. The van der Waals surface area contributed by atoms with Crippen molar-refractivity contribution in [3.05, 3.63) is 21.4 Å². The lowest BCUT2D eigenvalue weighted by molar-refractivity contribution is 0.916. The predicted molar refractivity (Wildman–Crippen MR) is 64.0 cm³/mol. The number of hydrogen-bond acceptors (Lipinski definition) is 3. The number of aryl methyl sites for hydroxylation is 2. The maximum Gasteiger partial charge on any atom is 0.146 e. The molecule has 0 atom stereocenters. The van der Waals surface area contributed by atoms with Crippen LogP contribution < -0.4 is 0 Å². The van der Waals surface area contributed by atoms with E-state index in [1.807, 2.05) is 0 Å². The van der Waals surface area contributed by atoms with Crippen LogP contribution in [0.25, 0.3) is 10.2 Å². The number of halogens is 2. The van der Waals surface area contributed by atoms with E-state index in [1.165, 1.54) is 16.9 Å². The van der Waals surface area contributed by atoms with E-state index in [4.69, 9.17) is 23.2 Å². The fourth-order valence-electron chi connectivity index (χ4n) is 2.05. The van der Waals surface area contributed by atoms with Gasteiger partial charge in [-0.1, -0.05) is 11.6 Å². The summed E-state index contributed by atoms with van der Waals surface area (Å²) >= 11 is 13.6. The molecule has 2 nitrogen and oxygen atoms in total. The number of nitrogens with zero attached hydrogens (tertiary/aromatic N) is 2. The molecule has 0 aromatic carbocycles. The zero-order valence-corrected chi connectivity index (χ0v) is 10.2. The van der Waals surface area contributed by atoms with Crippen molar-refractivity contribution in [2.24, 2.45) is 0 Å². The van der Waals surface area contributed by atoms with Gasteiger partial charge in [-0.05, 0) is 24.8 Å². The van der Waals surface area contributed by atoms with Crippen molar-refractivity contribution in [2.75, 3.05) is 0 Å². The average Bonchev–Trinajstić information content (AvgIpc) is 2.75. The molecule has 15 heavy (non-hydrogen) atoms.